The van der Waals surface area contributed by atoms with Crippen LogP contribution in [0.5, 0.6) is 0 Å². The predicted octanol–water partition coefficient (Wildman–Crippen LogP) is 2.74. The third kappa shape index (κ3) is 2.61. The first kappa shape index (κ1) is 13.6. The smallest absolute Gasteiger partial charge is 0.276 e. The van der Waals surface area contributed by atoms with Gasteiger partial charge in [0.25, 0.3) is 5.91 Å². The Morgan fingerprint density at radius 2 is 1.95 bits per heavy atom. The van der Waals surface area contributed by atoms with Crippen LogP contribution in [-0.2, 0) is 6.42 Å². The second kappa shape index (κ2) is 5.56. The van der Waals surface area contributed by atoms with E-state index in [-0.39, 0.29) is 5.91 Å². The lowest BCUT2D eigenvalue weighted by Gasteiger charge is -2.29. The van der Waals surface area contributed by atoms with Crippen LogP contribution in [-0.4, -0.2) is 31.5 Å². The van der Waals surface area contributed by atoms with E-state index in [1.54, 1.807) is 6.07 Å². The molecule has 0 bridgehead atoms. The van der Waals surface area contributed by atoms with Gasteiger partial charge in [0.2, 0.25) is 0 Å². The summed E-state index contributed by atoms with van der Waals surface area (Å²) in [7, 11) is 3.85. The minimum absolute atomic E-state index is 0.0224. The molecule has 0 aliphatic carbocycles. The number of pyridine rings is 1. The highest BCUT2D eigenvalue weighted by Gasteiger charge is 2.24. The topological polar surface area (TPSA) is 36.4 Å². The first-order chi connectivity index (χ1) is 10.2. The van der Waals surface area contributed by atoms with E-state index < -0.39 is 0 Å². The van der Waals surface area contributed by atoms with Crippen molar-refractivity contribution in [2.45, 2.75) is 12.8 Å². The van der Waals surface area contributed by atoms with Crippen molar-refractivity contribution in [1.82, 2.24) is 4.98 Å². The van der Waals surface area contributed by atoms with E-state index in [4.69, 9.17) is 0 Å². The first-order valence-electron chi connectivity index (χ1n) is 7.21. The molecule has 0 saturated carbocycles. The molecule has 2 heterocycles. The fourth-order valence-corrected chi connectivity index (χ4v) is 2.67. The molecule has 0 fully saturated rings. The molecule has 1 aromatic carbocycles. The standard InChI is InChI=1S/C17H19N3O/c1-19(2)16-11-5-9-14(18-16)17(21)20-12-6-8-13-7-3-4-10-15(13)20/h3-5,7,9-11H,6,8,12H2,1-2H3. The van der Waals surface area contributed by atoms with Gasteiger partial charge in [0.1, 0.15) is 11.5 Å². The summed E-state index contributed by atoms with van der Waals surface area (Å²) in [6.07, 6.45) is 2.03. The minimum Gasteiger partial charge on any atom is -0.363 e. The predicted molar refractivity (Wildman–Crippen MR) is 85.0 cm³/mol. The number of carbonyl (C=O) groups is 1. The number of rotatable bonds is 2. The summed E-state index contributed by atoms with van der Waals surface area (Å²) in [6.45, 7) is 0.754. The molecule has 0 spiro atoms. The maximum atomic E-state index is 12.8. The van der Waals surface area contributed by atoms with Crippen LogP contribution in [0.3, 0.4) is 0 Å². The molecule has 0 radical (unpaired) electrons. The van der Waals surface area contributed by atoms with E-state index in [1.807, 2.05) is 54.2 Å². The number of hydrogen-bond acceptors (Lipinski definition) is 3. The Morgan fingerprint density at radius 1 is 1.14 bits per heavy atom. The Bertz CT molecular complexity index is 667. The molecule has 1 aliphatic rings. The summed E-state index contributed by atoms with van der Waals surface area (Å²) in [6, 6.07) is 13.7. The Morgan fingerprint density at radius 3 is 2.76 bits per heavy atom. The van der Waals surface area contributed by atoms with Crippen LogP contribution in [0.15, 0.2) is 42.5 Å². The summed E-state index contributed by atoms with van der Waals surface area (Å²) in [5.41, 5.74) is 2.75. The number of nitrogens with zero attached hydrogens (tertiary/aromatic N) is 3. The molecule has 4 heteroatoms. The van der Waals surface area contributed by atoms with Crippen molar-refractivity contribution in [1.29, 1.82) is 0 Å². The summed E-state index contributed by atoms with van der Waals surface area (Å²) in [5.74, 6) is 0.775. The molecule has 21 heavy (non-hydrogen) atoms. The lowest BCUT2D eigenvalue weighted by Crippen LogP contribution is -2.36. The van der Waals surface area contributed by atoms with Gasteiger partial charge in [-0.05, 0) is 36.6 Å². The Kier molecular flexibility index (Phi) is 3.60. The van der Waals surface area contributed by atoms with Gasteiger partial charge in [0.05, 0.1) is 0 Å². The molecule has 0 unspecified atom stereocenters. The van der Waals surface area contributed by atoms with E-state index in [9.17, 15) is 4.79 Å². The van der Waals surface area contributed by atoms with Gasteiger partial charge < -0.3 is 9.80 Å². The third-order valence-electron chi connectivity index (χ3n) is 3.77. The number of benzene rings is 1. The van der Waals surface area contributed by atoms with Crippen LogP contribution < -0.4 is 9.80 Å². The van der Waals surface area contributed by atoms with Crippen molar-refractivity contribution in [3.63, 3.8) is 0 Å². The Labute approximate surface area is 125 Å². The molecule has 1 amide bonds. The lowest BCUT2D eigenvalue weighted by molar-refractivity contribution is 0.0980. The van der Waals surface area contributed by atoms with Gasteiger partial charge in [-0.15, -0.1) is 0 Å². The second-order valence-electron chi connectivity index (χ2n) is 5.46. The molecule has 1 aromatic heterocycles. The highest BCUT2D eigenvalue weighted by molar-refractivity contribution is 6.05. The molecule has 0 saturated heterocycles. The Hall–Kier alpha value is -2.36. The van der Waals surface area contributed by atoms with Crippen molar-refractivity contribution in [2.75, 3.05) is 30.4 Å². The number of anilines is 2. The molecule has 108 valence electrons. The number of amides is 1. The van der Waals surface area contributed by atoms with Crippen molar-refractivity contribution < 1.29 is 4.79 Å². The van der Waals surface area contributed by atoms with Gasteiger partial charge in [-0.25, -0.2) is 4.98 Å². The third-order valence-corrected chi connectivity index (χ3v) is 3.77. The maximum Gasteiger partial charge on any atom is 0.276 e. The zero-order chi connectivity index (χ0) is 14.8. The quantitative estimate of drug-likeness (QED) is 0.849. The van der Waals surface area contributed by atoms with Crippen molar-refractivity contribution in [3.05, 3.63) is 53.7 Å². The largest absolute Gasteiger partial charge is 0.363 e. The monoisotopic (exact) mass is 281 g/mol. The summed E-state index contributed by atoms with van der Waals surface area (Å²) in [4.78, 5) is 21.0. The molecule has 0 N–H and O–H groups in total. The van der Waals surface area contributed by atoms with Crippen LogP contribution >= 0.6 is 0 Å². The van der Waals surface area contributed by atoms with Crippen molar-refractivity contribution in [3.8, 4) is 0 Å². The SMILES string of the molecule is CN(C)c1cccc(C(=O)N2CCCc3ccccc32)n1. The second-order valence-corrected chi connectivity index (χ2v) is 5.46. The molecule has 0 atom stereocenters. The zero-order valence-electron chi connectivity index (χ0n) is 12.4. The Balaban J connectivity index is 1.95. The average molecular weight is 281 g/mol. The number of hydrogen-bond donors (Lipinski definition) is 0. The van der Waals surface area contributed by atoms with E-state index in [0.717, 1.165) is 30.9 Å². The first-order valence-corrected chi connectivity index (χ1v) is 7.21. The highest BCUT2D eigenvalue weighted by atomic mass is 16.2. The van der Waals surface area contributed by atoms with Crippen molar-refractivity contribution in [2.24, 2.45) is 0 Å². The number of carbonyl (C=O) groups excluding carboxylic acids is 1. The minimum atomic E-state index is -0.0224. The molecular weight excluding hydrogens is 262 g/mol. The molecule has 1 aliphatic heterocycles. The van der Waals surface area contributed by atoms with Crippen molar-refractivity contribution >= 4 is 17.4 Å². The maximum absolute atomic E-state index is 12.8. The molecular formula is C17H19N3O. The van der Waals surface area contributed by atoms with Crippen LogP contribution in [0.25, 0.3) is 0 Å². The molecule has 4 nitrogen and oxygen atoms in total. The molecule has 2 aromatic rings. The average Bonchev–Trinajstić information content (AvgIpc) is 2.53. The van der Waals surface area contributed by atoms with Gasteiger partial charge in [-0.3, -0.25) is 4.79 Å². The van der Waals surface area contributed by atoms with E-state index in [0.29, 0.717) is 5.69 Å². The van der Waals surface area contributed by atoms with E-state index >= 15 is 0 Å². The van der Waals surface area contributed by atoms with Gasteiger partial charge in [-0.1, -0.05) is 24.3 Å². The lowest BCUT2D eigenvalue weighted by atomic mass is 10.0. The fraction of sp³-hybridized carbons (Fsp3) is 0.294. The normalized spacial score (nSPS) is 13.7. The van der Waals surface area contributed by atoms with Crippen LogP contribution in [0, 0.1) is 0 Å². The number of aromatic nitrogens is 1. The zero-order valence-corrected chi connectivity index (χ0v) is 12.4. The summed E-state index contributed by atoms with van der Waals surface area (Å²) >= 11 is 0. The summed E-state index contributed by atoms with van der Waals surface area (Å²) < 4.78 is 0. The number of aryl methyl sites for hydroxylation is 1. The van der Waals surface area contributed by atoms with Crippen LogP contribution in [0.2, 0.25) is 0 Å². The van der Waals surface area contributed by atoms with E-state index in [2.05, 4.69) is 11.1 Å². The highest BCUT2D eigenvalue weighted by Crippen LogP contribution is 2.28. The van der Waals surface area contributed by atoms with Crippen LogP contribution in [0.4, 0.5) is 11.5 Å². The number of para-hydroxylation sites is 1. The summed E-state index contributed by atoms with van der Waals surface area (Å²) in [5, 5.41) is 0. The molecule has 3 rings (SSSR count). The fourth-order valence-electron chi connectivity index (χ4n) is 2.67. The van der Waals surface area contributed by atoms with Crippen LogP contribution in [0.1, 0.15) is 22.5 Å². The number of fused-ring (bicyclic) bond motifs is 1. The van der Waals surface area contributed by atoms with E-state index in [1.165, 1.54) is 5.56 Å². The van der Waals surface area contributed by atoms with Gasteiger partial charge in [-0.2, -0.15) is 0 Å². The van der Waals surface area contributed by atoms with Gasteiger partial charge >= 0.3 is 0 Å². The van der Waals surface area contributed by atoms with Gasteiger partial charge in [0, 0.05) is 26.3 Å². The van der Waals surface area contributed by atoms with Gasteiger partial charge in [0.15, 0.2) is 0 Å².